The SMILES string of the molecule is [NH]CCC(=O)Oc1ccccc1. The molecule has 0 bridgehead atoms. The number of rotatable bonds is 3. The van der Waals surface area contributed by atoms with Gasteiger partial charge in [-0.25, -0.2) is 0 Å². The lowest BCUT2D eigenvalue weighted by molar-refractivity contribution is -0.134. The number of nitrogens with one attached hydrogen (secondary N) is 1. The minimum Gasteiger partial charge on any atom is -0.426 e. The molecule has 0 saturated carbocycles. The largest absolute Gasteiger partial charge is 0.426 e. The van der Waals surface area contributed by atoms with Gasteiger partial charge < -0.3 is 4.74 Å². The summed E-state index contributed by atoms with van der Waals surface area (Å²) in [5, 5.41) is 0. The Bertz CT molecular complexity index is 246. The predicted octanol–water partition coefficient (Wildman–Crippen LogP) is 1.26. The average Bonchev–Trinajstić information content (AvgIpc) is 2.06. The van der Waals surface area contributed by atoms with Crippen LogP contribution in [0.25, 0.3) is 0 Å². The number of carbonyl (C=O) groups is 1. The van der Waals surface area contributed by atoms with Gasteiger partial charge in [0.1, 0.15) is 5.75 Å². The molecular weight excluding hydrogens is 154 g/mol. The van der Waals surface area contributed by atoms with Gasteiger partial charge in [0, 0.05) is 6.54 Å². The van der Waals surface area contributed by atoms with Crippen molar-refractivity contribution in [2.24, 2.45) is 0 Å². The van der Waals surface area contributed by atoms with Gasteiger partial charge >= 0.3 is 5.97 Å². The zero-order chi connectivity index (χ0) is 8.81. The molecule has 0 aliphatic carbocycles. The molecule has 1 aromatic carbocycles. The molecule has 1 N–H and O–H groups in total. The molecule has 1 radical (unpaired) electrons. The molecule has 12 heavy (non-hydrogen) atoms. The van der Waals surface area contributed by atoms with Crippen LogP contribution in [0.3, 0.4) is 0 Å². The second kappa shape index (κ2) is 4.51. The maximum Gasteiger partial charge on any atom is 0.312 e. The third-order valence-electron chi connectivity index (χ3n) is 1.30. The lowest BCUT2D eigenvalue weighted by Gasteiger charge is -2.01. The molecule has 0 spiro atoms. The summed E-state index contributed by atoms with van der Waals surface area (Å²) >= 11 is 0. The van der Waals surface area contributed by atoms with E-state index < -0.39 is 0 Å². The molecule has 0 saturated heterocycles. The Hall–Kier alpha value is -1.35. The Labute approximate surface area is 71.1 Å². The summed E-state index contributed by atoms with van der Waals surface area (Å²) in [6, 6.07) is 8.86. The predicted molar refractivity (Wildman–Crippen MR) is 44.7 cm³/mol. The summed E-state index contributed by atoms with van der Waals surface area (Å²) in [6.45, 7) is 0.0751. The van der Waals surface area contributed by atoms with Gasteiger partial charge in [-0.05, 0) is 12.1 Å². The van der Waals surface area contributed by atoms with Gasteiger partial charge in [-0.2, -0.15) is 0 Å². The maximum absolute atomic E-state index is 10.9. The normalized spacial score (nSPS) is 9.42. The van der Waals surface area contributed by atoms with Crippen LogP contribution < -0.4 is 10.5 Å². The molecule has 0 fully saturated rings. The molecule has 3 nitrogen and oxygen atoms in total. The van der Waals surface area contributed by atoms with Gasteiger partial charge in [-0.3, -0.25) is 10.5 Å². The summed E-state index contributed by atoms with van der Waals surface area (Å²) in [5.41, 5.74) is 6.80. The fraction of sp³-hybridized carbons (Fsp3) is 0.222. The van der Waals surface area contributed by atoms with E-state index in [-0.39, 0.29) is 18.9 Å². The smallest absolute Gasteiger partial charge is 0.312 e. The number of hydrogen-bond acceptors (Lipinski definition) is 2. The molecule has 0 aliphatic rings. The Balaban J connectivity index is 2.47. The molecule has 1 rings (SSSR count). The van der Waals surface area contributed by atoms with Crippen LogP contribution in [0.2, 0.25) is 0 Å². The van der Waals surface area contributed by atoms with Gasteiger partial charge in [-0.15, -0.1) is 0 Å². The van der Waals surface area contributed by atoms with Crippen LogP contribution in [0.15, 0.2) is 30.3 Å². The first-order chi connectivity index (χ1) is 5.83. The average molecular weight is 164 g/mol. The highest BCUT2D eigenvalue weighted by Crippen LogP contribution is 2.08. The van der Waals surface area contributed by atoms with E-state index in [9.17, 15) is 4.79 Å². The number of esters is 1. The Morgan fingerprint density at radius 3 is 2.58 bits per heavy atom. The lowest BCUT2D eigenvalue weighted by Crippen LogP contribution is -2.09. The van der Waals surface area contributed by atoms with E-state index >= 15 is 0 Å². The van der Waals surface area contributed by atoms with E-state index in [2.05, 4.69) is 0 Å². The van der Waals surface area contributed by atoms with Crippen LogP contribution in [0.5, 0.6) is 5.75 Å². The van der Waals surface area contributed by atoms with Gasteiger partial charge in [0.05, 0.1) is 6.42 Å². The first kappa shape index (κ1) is 8.74. The summed E-state index contributed by atoms with van der Waals surface area (Å²) in [6.07, 6.45) is 0.148. The van der Waals surface area contributed by atoms with Crippen LogP contribution in [0, 0.1) is 0 Å². The van der Waals surface area contributed by atoms with E-state index in [1.807, 2.05) is 6.07 Å². The highest BCUT2D eigenvalue weighted by Gasteiger charge is 2.01. The van der Waals surface area contributed by atoms with Crippen molar-refractivity contribution in [3.8, 4) is 5.75 Å². The van der Waals surface area contributed by atoms with Crippen molar-refractivity contribution in [3.63, 3.8) is 0 Å². The van der Waals surface area contributed by atoms with Crippen molar-refractivity contribution in [1.82, 2.24) is 5.73 Å². The second-order valence-electron chi connectivity index (χ2n) is 2.29. The molecule has 0 atom stereocenters. The van der Waals surface area contributed by atoms with E-state index in [4.69, 9.17) is 10.5 Å². The van der Waals surface area contributed by atoms with Crippen molar-refractivity contribution >= 4 is 5.97 Å². The number of para-hydroxylation sites is 1. The molecule has 0 amide bonds. The number of hydrogen-bond donors (Lipinski definition) is 0. The van der Waals surface area contributed by atoms with E-state index in [0.717, 1.165) is 0 Å². The first-order valence-corrected chi connectivity index (χ1v) is 3.73. The van der Waals surface area contributed by atoms with Crippen molar-refractivity contribution < 1.29 is 9.53 Å². The minimum absolute atomic E-state index is 0.0751. The van der Waals surface area contributed by atoms with E-state index in [0.29, 0.717) is 5.75 Å². The molecule has 3 heteroatoms. The van der Waals surface area contributed by atoms with Crippen LogP contribution in [0.1, 0.15) is 6.42 Å². The standard InChI is InChI=1S/C9H10NO2/c10-7-6-9(11)12-8-4-2-1-3-5-8/h1-5,10H,6-7H2. The quantitative estimate of drug-likeness (QED) is 0.499. The minimum atomic E-state index is -0.351. The lowest BCUT2D eigenvalue weighted by atomic mass is 10.3. The second-order valence-corrected chi connectivity index (χ2v) is 2.29. The zero-order valence-electron chi connectivity index (χ0n) is 6.62. The van der Waals surface area contributed by atoms with Gasteiger partial charge in [0.25, 0.3) is 0 Å². The van der Waals surface area contributed by atoms with Crippen LogP contribution >= 0.6 is 0 Å². The summed E-state index contributed by atoms with van der Waals surface area (Å²) in [4.78, 5) is 10.9. The number of benzene rings is 1. The van der Waals surface area contributed by atoms with Gasteiger partial charge in [0.15, 0.2) is 0 Å². The van der Waals surface area contributed by atoms with Crippen LogP contribution in [-0.2, 0) is 4.79 Å². The summed E-state index contributed by atoms with van der Waals surface area (Å²) in [5.74, 6) is 0.187. The van der Waals surface area contributed by atoms with E-state index in [1.165, 1.54) is 0 Å². The van der Waals surface area contributed by atoms with Gasteiger partial charge in [-0.1, -0.05) is 18.2 Å². The third-order valence-corrected chi connectivity index (χ3v) is 1.30. The van der Waals surface area contributed by atoms with Gasteiger partial charge in [0.2, 0.25) is 0 Å². The van der Waals surface area contributed by atoms with E-state index in [1.54, 1.807) is 24.3 Å². The Kier molecular flexibility index (Phi) is 3.29. The number of carbonyl (C=O) groups excluding carboxylic acids is 1. The Morgan fingerprint density at radius 1 is 1.33 bits per heavy atom. The van der Waals surface area contributed by atoms with Crippen molar-refractivity contribution in [2.45, 2.75) is 6.42 Å². The van der Waals surface area contributed by atoms with Crippen LogP contribution in [-0.4, -0.2) is 12.5 Å². The fourth-order valence-corrected chi connectivity index (χ4v) is 0.773. The van der Waals surface area contributed by atoms with Crippen molar-refractivity contribution in [2.75, 3.05) is 6.54 Å². The topological polar surface area (TPSA) is 50.1 Å². The third kappa shape index (κ3) is 2.72. The zero-order valence-corrected chi connectivity index (χ0v) is 6.62. The molecule has 0 unspecified atom stereocenters. The molecule has 0 heterocycles. The monoisotopic (exact) mass is 164 g/mol. The molecule has 1 aromatic rings. The number of ether oxygens (including phenoxy) is 1. The first-order valence-electron chi connectivity index (χ1n) is 3.73. The highest BCUT2D eigenvalue weighted by atomic mass is 16.5. The maximum atomic E-state index is 10.9. The fourth-order valence-electron chi connectivity index (χ4n) is 0.773. The molecule has 0 aliphatic heterocycles. The molecule has 63 valence electrons. The summed E-state index contributed by atoms with van der Waals surface area (Å²) < 4.78 is 4.90. The summed E-state index contributed by atoms with van der Waals surface area (Å²) in [7, 11) is 0. The van der Waals surface area contributed by atoms with Crippen LogP contribution in [0.4, 0.5) is 0 Å². The molecular formula is C9H10NO2. The highest BCUT2D eigenvalue weighted by molar-refractivity contribution is 5.72. The molecule has 0 aromatic heterocycles. The van der Waals surface area contributed by atoms with Crippen molar-refractivity contribution in [1.29, 1.82) is 0 Å². The Morgan fingerprint density at radius 2 is 2.00 bits per heavy atom. The van der Waals surface area contributed by atoms with Crippen molar-refractivity contribution in [3.05, 3.63) is 30.3 Å².